The van der Waals surface area contributed by atoms with Gasteiger partial charge in [-0.2, -0.15) is 0 Å². The number of nitrogens with two attached hydrogens (primary N) is 1. The number of halogens is 2. The molecular weight excluding hydrogens is 246 g/mol. The Morgan fingerprint density at radius 1 is 1.73 bits per heavy atom. The van der Waals surface area contributed by atoms with Gasteiger partial charge in [-0.3, -0.25) is 0 Å². The monoisotopic (exact) mass is 251 g/mol. The van der Waals surface area contributed by atoms with Crippen molar-refractivity contribution in [2.45, 2.75) is 18.4 Å². The predicted octanol–water partition coefficient (Wildman–Crippen LogP) is 2.98. The van der Waals surface area contributed by atoms with E-state index in [0.29, 0.717) is 12.0 Å². The highest BCUT2D eigenvalue weighted by atomic mass is 79.9. The van der Waals surface area contributed by atoms with Gasteiger partial charge in [-0.1, -0.05) is 11.6 Å². The molecule has 0 amide bonds. The standard InChI is InChI=1S/C7H7BrClNS/c8-4-2-6(11-7(4)9)3-1-5(3)10/h2-3,5H,1,10H2. The van der Waals surface area contributed by atoms with Gasteiger partial charge in [-0.25, -0.2) is 0 Å². The van der Waals surface area contributed by atoms with Gasteiger partial charge in [0.05, 0.1) is 0 Å². The van der Waals surface area contributed by atoms with Crippen LogP contribution in [-0.4, -0.2) is 6.04 Å². The van der Waals surface area contributed by atoms with Crippen molar-refractivity contribution in [3.05, 3.63) is 19.8 Å². The average Bonchev–Trinajstić information content (AvgIpc) is 2.56. The van der Waals surface area contributed by atoms with Crippen LogP contribution in [0.25, 0.3) is 0 Å². The summed E-state index contributed by atoms with van der Waals surface area (Å²) in [5.41, 5.74) is 5.71. The van der Waals surface area contributed by atoms with Crippen LogP contribution in [0.2, 0.25) is 4.34 Å². The first-order valence-corrected chi connectivity index (χ1v) is 5.37. The van der Waals surface area contributed by atoms with Crippen molar-refractivity contribution in [1.29, 1.82) is 0 Å². The van der Waals surface area contributed by atoms with Gasteiger partial charge in [0.15, 0.2) is 0 Å². The Kier molecular flexibility index (Phi) is 2.00. The molecule has 1 saturated carbocycles. The first kappa shape index (κ1) is 8.05. The Hall–Kier alpha value is 0.430. The second-order valence-corrected chi connectivity index (χ2v) is 5.32. The zero-order valence-corrected chi connectivity index (χ0v) is 8.84. The molecule has 0 radical (unpaired) electrons. The molecule has 0 spiro atoms. The Morgan fingerprint density at radius 3 is 2.73 bits per heavy atom. The molecular formula is C7H7BrClNS. The van der Waals surface area contributed by atoms with Crippen molar-refractivity contribution in [3.63, 3.8) is 0 Å². The molecule has 0 aliphatic heterocycles. The number of rotatable bonds is 1. The minimum absolute atomic E-state index is 0.372. The Balaban J connectivity index is 2.26. The van der Waals surface area contributed by atoms with Crippen molar-refractivity contribution in [2.24, 2.45) is 5.73 Å². The number of hydrogen-bond acceptors (Lipinski definition) is 2. The van der Waals surface area contributed by atoms with E-state index in [1.54, 1.807) is 11.3 Å². The number of thiophene rings is 1. The summed E-state index contributed by atoms with van der Waals surface area (Å²) in [4.78, 5) is 1.31. The van der Waals surface area contributed by atoms with Gasteiger partial charge in [-0.15, -0.1) is 11.3 Å². The molecule has 0 aromatic carbocycles. The van der Waals surface area contributed by atoms with E-state index in [0.717, 1.165) is 15.2 Å². The first-order valence-electron chi connectivity index (χ1n) is 3.39. The summed E-state index contributed by atoms with van der Waals surface area (Å²) in [6.07, 6.45) is 1.11. The van der Waals surface area contributed by atoms with Crippen molar-refractivity contribution in [1.82, 2.24) is 0 Å². The predicted molar refractivity (Wildman–Crippen MR) is 52.4 cm³/mol. The van der Waals surface area contributed by atoms with Crippen molar-refractivity contribution in [2.75, 3.05) is 0 Å². The second-order valence-electron chi connectivity index (χ2n) is 2.78. The summed E-state index contributed by atoms with van der Waals surface area (Å²) in [5.74, 6) is 0.573. The lowest BCUT2D eigenvalue weighted by Gasteiger charge is -1.86. The van der Waals surface area contributed by atoms with Gasteiger partial charge < -0.3 is 5.73 Å². The molecule has 60 valence electrons. The molecule has 1 heterocycles. The molecule has 2 unspecified atom stereocenters. The van der Waals surface area contributed by atoms with Crippen LogP contribution in [0, 0.1) is 0 Å². The summed E-state index contributed by atoms with van der Waals surface area (Å²) in [6, 6.07) is 2.45. The van der Waals surface area contributed by atoms with Gasteiger partial charge in [-0.05, 0) is 28.4 Å². The first-order chi connectivity index (χ1) is 5.18. The SMILES string of the molecule is NC1CC1c1cc(Br)c(Cl)s1. The quantitative estimate of drug-likeness (QED) is 0.817. The maximum atomic E-state index is 5.88. The molecule has 1 aliphatic rings. The van der Waals surface area contributed by atoms with Crippen LogP contribution in [-0.2, 0) is 0 Å². The third kappa shape index (κ3) is 1.47. The topological polar surface area (TPSA) is 26.0 Å². The Bertz CT molecular complexity index is 266. The lowest BCUT2D eigenvalue weighted by Crippen LogP contribution is -1.99. The highest BCUT2D eigenvalue weighted by Gasteiger charge is 2.36. The third-order valence-electron chi connectivity index (χ3n) is 1.87. The van der Waals surface area contributed by atoms with Crippen LogP contribution in [0.5, 0.6) is 0 Å². The van der Waals surface area contributed by atoms with Crippen LogP contribution in [0.1, 0.15) is 17.2 Å². The molecule has 11 heavy (non-hydrogen) atoms. The van der Waals surface area contributed by atoms with Gasteiger partial charge in [0.1, 0.15) is 4.34 Å². The van der Waals surface area contributed by atoms with Crippen LogP contribution in [0.3, 0.4) is 0 Å². The van der Waals surface area contributed by atoms with E-state index in [1.807, 2.05) is 0 Å². The summed E-state index contributed by atoms with van der Waals surface area (Å²) >= 11 is 10.9. The minimum atomic E-state index is 0.372. The largest absolute Gasteiger partial charge is 0.327 e. The average molecular weight is 253 g/mol. The Morgan fingerprint density at radius 2 is 2.36 bits per heavy atom. The third-order valence-corrected chi connectivity index (χ3v) is 4.48. The minimum Gasteiger partial charge on any atom is -0.327 e. The molecule has 1 aromatic rings. The molecule has 1 aromatic heterocycles. The smallest absolute Gasteiger partial charge is 0.107 e. The fourth-order valence-electron chi connectivity index (χ4n) is 1.09. The Labute approximate surface area is 82.7 Å². The fraction of sp³-hybridized carbons (Fsp3) is 0.429. The number of hydrogen-bond donors (Lipinski definition) is 1. The second kappa shape index (κ2) is 2.73. The van der Waals surface area contributed by atoms with E-state index < -0.39 is 0 Å². The maximum absolute atomic E-state index is 5.88. The zero-order chi connectivity index (χ0) is 8.01. The van der Waals surface area contributed by atoms with E-state index in [-0.39, 0.29) is 0 Å². The highest BCUT2D eigenvalue weighted by molar-refractivity contribution is 9.10. The van der Waals surface area contributed by atoms with Crippen molar-refractivity contribution >= 4 is 38.9 Å². The molecule has 1 nitrogen and oxygen atoms in total. The maximum Gasteiger partial charge on any atom is 0.107 e. The van der Waals surface area contributed by atoms with Crippen molar-refractivity contribution < 1.29 is 0 Å². The van der Waals surface area contributed by atoms with E-state index in [4.69, 9.17) is 17.3 Å². The molecule has 1 fully saturated rings. The molecule has 2 N–H and O–H groups in total. The molecule has 0 saturated heterocycles. The van der Waals surface area contributed by atoms with Gasteiger partial charge >= 0.3 is 0 Å². The van der Waals surface area contributed by atoms with Gasteiger partial charge in [0.2, 0.25) is 0 Å². The molecule has 2 rings (SSSR count). The van der Waals surface area contributed by atoms with Crippen LogP contribution >= 0.6 is 38.9 Å². The van der Waals surface area contributed by atoms with E-state index in [9.17, 15) is 0 Å². The van der Waals surface area contributed by atoms with Gasteiger partial charge in [0, 0.05) is 21.3 Å². The fourth-order valence-corrected chi connectivity index (χ4v) is 3.01. The van der Waals surface area contributed by atoms with Gasteiger partial charge in [0.25, 0.3) is 0 Å². The summed E-state index contributed by atoms with van der Waals surface area (Å²) in [5, 5.41) is 0. The van der Waals surface area contributed by atoms with Crippen LogP contribution in [0.4, 0.5) is 0 Å². The summed E-state index contributed by atoms with van der Waals surface area (Å²) < 4.78 is 1.83. The summed E-state index contributed by atoms with van der Waals surface area (Å²) in [7, 11) is 0. The summed E-state index contributed by atoms with van der Waals surface area (Å²) in [6.45, 7) is 0. The van der Waals surface area contributed by atoms with Crippen LogP contribution < -0.4 is 5.73 Å². The highest BCUT2D eigenvalue weighted by Crippen LogP contribution is 2.45. The molecule has 0 bridgehead atoms. The normalized spacial score (nSPS) is 29.0. The molecule has 2 atom stereocenters. The molecule has 4 heteroatoms. The van der Waals surface area contributed by atoms with E-state index in [2.05, 4.69) is 22.0 Å². The lowest BCUT2D eigenvalue weighted by molar-refractivity contribution is 1.01. The van der Waals surface area contributed by atoms with E-state index in [1.165, 1.54) is 4.88 Å². The lowest BCUT2D eigenvalue weighted by atomic mass is 10.3. The van der Waals surface area contributed by atoms with Crippen molar-refractivity contribution in [3.8, 4) is 0 Å². The zero-order valence-electron chi connectivity index (χ0n) is 5.68. The molecule has 1 aliphatic carbocycles. The van der Waals surface area contributed by atoms with E-state index >= 15 is 0 Å². The van der Waals surface area contributed by atoms with Crippen LogP contribution in [0.15, 0.2) is 10.5 Å².